The Morgan fingerprint density at radius 2 is 1.89 bits per heavy atom. The maximum absolute atomic E-state index is 11.6. The number of amides is 1. The van der Waals surface area contributed by atoms with E-state index in [1.165, 1.54) is 0 Å². The number of benzene rings is 1. The molecule has 0 spiro atoms. The molecule has 5 heteroatoms. The highest BCUT2D eigenvalue weighted by Crippen LogP contribution is 2.14. The molecule has 0 heterocycles. The first kappa shape index (κ1) is 16.0. The summed E-state index contributed by atoms with van der Waals surface area (Å²) in [7, 11) is 0. The van der Waals surface area contributed by atoms with Crippen LogP contribution in [0.25, 0.3) is 0 Å². The van der Waals surface area contributed by atoms with E-state index >= 15 is 0 Å². The van der Waals surface area contributed by atoms with E-state index in [9.17, 15) is 4.79 Å². The van der Waals surface area contributed by atoms with Crippen LogP contribution in [0.4, 0.5) is 5.69 Å². The van der Waals surface area contributed by atoms with Gasteiger partial charge in [0, 0.05) is 16.2 Å². The zero-order valence-electron chi connectivity index (χ0n) is 11.4. The third-order valence-electron chi connectivity index (χ3n) is 3.16. The molecule has 1 amide bonds. The van der Waals surface area contributed by atoms with Crippen LogP contribution in [0.15, 0.2) is 24.3 Å². The number of hydrogen-bond acceptors (Lipinski definition) is 3. The molecule has 0 bridgehead atoms. The SMILES string of the molecule is CCC(N)(CC)COCC(=O)Nc1ccc(Cl)cc1. The van der Waals surface area contributed by atoms with E-state index < -0.39 is 0 Å². The average Bonchev–Trinajstić information content (AvgIpc) is 2.41. The molecule has 0 atom stereocenters. The molecule has 4 nitrogen and oxygen atoms in total. The van der Waals surface area contributed by atoms with Crippen molar-refractivity contribution in [2.45, 2.75) is 32.2 Å². The Balaban J connectivity index is 2.34. The Morgan fingerprint density at radius 3 is 2.42 bits per heavy atom. The monoisotopic (exact) mass is 284 g/mol. The molecule has 19 heavy (non-hydrogen) atoms. The summed E-state index contributed by atoms with van der Waals surface area (Å²) in [4.78, 5) is 11.6. The van der Waals surface area contributed by atoms with Gasteiger partial charge in [-0.2, -0.15) is 0 Å². The fraction of sp³-hybridized carbons (Fsp3) is 0.500. The molecule has 0 radical (unpaired) electrons. The molecule has 1 rings (SSSR count). The lowest BCUT2D eigenvalue weighted by Crippen LogP contribution is -2.43. The number of nitrogens with one attached hydrogen (secondary N) is 1. The molecule has 0 unspecified atom stereocenters. The molecule has 1 aromatic rings. The van der Waals surface area contributed by atoms with Crippen LogP contribution in [-0.2, 0) is 9.53 Å². The van der Waals surface area contributed by atoms with Crippen molar-refractivity contribution < 1.29 is 9.53 Å². The fourth-order valence-electron chi connectivity index (χ4n) is 1.53. The van der Waals surface area contributed by atoms with Crippen molar-refractivity contribution in [3.63, 3.8) is 0 Å². The largest absolute Gasteiger partial charge is 0.370 e. The van der Waals surface area contributed by atoms with Gasteiger partial charge in [0.15, 0.2) is 0 Å². The summed E-state index contributed by atoms with van der Waals surface area (Å²) in [5.74, 6) is -0.197. The van der Waals surface area contributed by atoms with Crippen LogP contribution < -0.4 is 11.1 Å². The molecule has 0 aliphatic carbocycles. The fourth-order valence-corrected chi connectivity index (χ4v) is 1.66. The van der Waals surface area contributed by atoms with Gasteiger partial charge in [0.05, 0.1) is 6.61 Å². The second-order valence-corrected chi connectivity index (χ2v) is 5.05. The van der Waals surface area contributed by atoms with Crippen molar-refractivity contribution in [3.8, 4) is 0 Å². The van der Waals surface area contributed by atoms with E-state index in [0.717, 1.165) is 12.8 Å². The third-order valence-corrected chi connectivity index (χ3v) is 3.41. The summed E-state index contributed by atoms with van der Waals surface area (Å²) in [5, 5.41) is 3.36. The molecule has 0 aliphatic rings. The van der Waals surface area contributed by atoms with E-state index in [0.29, 0.717) is 17.3 Å². The quantitative estimate of drug-likeness (QED) is 0.809. The van der Waals surface area contributed by atoms with Crippen molar-refractivity contribution in [1.82, 2.24) is 0 Å². The highest BCUT2D eigenvalue weighted by molar-refractivity contribution is 6.30. The minimum absolute atomic E-state index is 0.00156. The number of halogens is 1. The second-order valence-electron chi connectivity index (χ2n) is 4.62. The van der Waals surface area contributed by atoms with Crippen LogP contribution in [-0.4, -0.2) is 24.7 Å². The zero-order chi connectivity index (χ0) is 14.3. The number of hydrogen-bond donors (Lipinski definition) is 2. The summed E-state index contributed by atoms with van der Waals surface area (Å²) >= 11 is 5.76. The number of nitrogens with two attached hydrogens (primary N) is 1. The van der Waals surface area contributed by atoms with Crippen LogP contribution in [0.3, 0.4) is 0 Å². The maximum Gasteiger partial charge on any atom is 0.250 e. The second kappa shape index (κ2) is 7.48. The normalized spacial score (nSPS) is 11.4. The lowest BCUT2D eigenvalue weighted by Gasteiger charge is -2.25. The highest BCUT2D eigenvalue weighted by atomic mass is 35.5. The number of carbonyl (C=O) groups is 1. The van der Waals surface area contributed by atoms with Gasteiger partial charge in [-0.05, 0) is 37.1 Å². The zero-order valence-corrected chi connectivity index (χ0v) is 12.2. The van der Waals surface area contributed by atoms with Gasteiger partial charge in [-0.15, -0.1) is 0 Å². The van der Waals surface area contributed by atoms with Crippen molar-refractivity contribution >= 4 is 23.2 Å². The number of carbonyl (C=O) groups excluding carboxylic acids is 1. The average molecular weight is 285 g/mol. The van der Waals surface area contributed by atoms with E-state index in [-0.39, 0.29) is 18.1 Å². The maximum atomic E-state index is 11.6. The number of anilines is 1. The van der Waals surface area contributed by atoms with Crippen LogP contribution in [0.1, 0.15) is 26.7 Å². The standard InChI is InChI=1S/C14H21ClN2O2/c1-3-14(16,4-2)10-19-9-13(18)17-12-7-5-11(15)6-8-12/h5-8H,3-4,9-10,16H2,1-2H3,(H,17,18). The van der Waals surface area contributed by atoms with Gasteiger partial charge in [-0.3, -0.25) is 4.79 Å². The molecule has 0 fully saturated rings. The first-order valence-electron chi connectivity index (χ1n) is 6.41. The summed E-state index contributed by atoms with van der Waals surface area (Å²) < 4.78 is 5.38. The Labute approximate surface area is 119 Å². The van der Waals surface area contributed by atoms with Gasteiger partial charge in [-0.1, -0.05) is 25.4 Å². The third kappa shape index (κ3) is 5.59. The molecule has 106 valence electrons. The van der Waals surface area contributed by atoms with E-state index in [2.05, 4.69) is 5.32 Å². The molecular formula is C14H21ClN2O2. The minimum atomic E-state index is -0.347. The molecule has 0 saturated carbocycles. The van der Waals surface area contributed by atoms with E-state index in [1.54, 1.807) is 24.3 Å². The number of rotatable bonds is 7. The van der Waals surface area contributed by atoms with Gasteiger partial charge < -0.3 is 15.8 Å². The molecular weight excluding hydrogens is 264 g/mol. The van der Waals surface area contributed by atoms with Crippen molar-refractivity contribution in [3.05, 3.63) is 29.3 Å². The summed E-state index contributed by atoms with van der Waals surface area (Å²) in [6.45, 7) is 4.41. The summed E-state index contributed by atoms with van der Waals surface area (Å²) in [5.41, 5.74) is 6.43. The summed E-state index contributed by atoms with van der Waals surface area (Å²) in [6.07, 6.45) is 1.64. The Morgan fingerprint density at radius 1 is 1.32 bits per heavy atom. The van der Waals surface area contributed by atoms with Crippen molar-refractivity contribution in [1.29, 1.82) is 0 Å². The lowest BCUT2D eigenvalue weighted by molar-refractivity contribution is -0.121. The van der Waals surface area contributed by atoms with E-state index in [1.807, 2.05) is 13.8 Å². The van der Waals surface area contributed by atoms with Gasteiger partial charge >= 0.3 is 0 Å². The van der Waals surface area contributed by atoms with Crippen molar-refractivity contribution in [2.24, 2.45) is 5.73 Å². The van der Waals surface area contributed by atoms with Crippen LogP contribution in [0, 0.1) is 0 Å². The smallest absolute Gasteiger partial charge is 0.250 e. The van der Waals surface area contributed by atoms with Crippen molar-refractivity contribution in [2.75, 3.05) is 18.5 Å². The van der Waals surface area contributed by atoms with E-state index in [4.69, 9.17) is 22.1 Å². The predicted octanol–water partition coefficient (Wildman–Crippen LogP) is 2.81. The molecule has 3 N–H and O–H groups in total. The van der Waals surface area contributed by atoms with Gasteiger partial charge in [0.1, 0.15) is 6.61 Å². The molecule has 0 aliphatic heterocycles. The first-order chi connectivity index (χ1) is 8.99. The summed E-state index contributed by atoms with van der Waals surface area (Å²) in [6, 6.07) is 6.92. The van der Waals surface area contributed by atoms with Gasteiger partial charge in [0.25, 0.3) is 0 Å². The highest BCUT2D eigenvalue weighted by Gasteiger charge is 2.20. The Hall–Kier alpha value is -1.10. The first-order valence-corrected chi connectivity index (χ1v) is 6.79. The number of ether oxygens (including phenoxy) is 1. The molecule has 1 aromatic carbocycles. The predicted molar refractivity (Wildman–Crippen MR) is 78.4 cm³/mol. The Bertz CT molecular complexity index is 402. The van der Waals surface area contributed by atoms with Crippen LogP contribution >= 0.6 is 11.6 Å². The van der Waals surface area contributed by atoms with Crippen LogP contribution in [0.5, 0.6) is 0 Å². The lowest BCUT2D eigenvalue weighted by atomic mass is 9.96. The molecule has 0 saturated heterocycles. The molecule has 0 aromatic heterocycles. The Kier molecular flexibility index (Phi) is 6.28. The topological polar surface area (TPSA) is 64.3 Å². The van der Waals surface area contributed by atoms with Gasteiger partial charge in [0.2, 0.25) is 5.91 Å². The minimum Gasteiger partial charge on any atom is -0.370 e. The van der Waals surface area contributed by atoms with Crippen LogP contribution in [0.2, 0.25) is 5.02 Å². The van der Waals surface area contributed by atoms with Gasteiger partial charge in [-0.25, -0.2) is 0 Å².